The molecule has 0 fully saturated rings. The highest BCUT2D eigenvalue weighted by molar-refractivity contribution is 9.10. The van der Waals surface area contributed by atoms with Crippen molar-refractivity contribution in [2.24, 2.45) is 0 Å². The molecule has 74 valence electrons. The van der Waals surface area contributed by atoms with Crippen LogP contribution in [-0.2, 0) is 0 Å². The van der Waals surface area contributed by atoms with E-state index in [4.69, 9.17) is 9.47 Å². The van der Waals surface area contributed by atoms with Gasteiger partial charge in [0, 0.05) is 10.5 Å². The predicted octanol–water partition coefficient (Wildman–Crippen LogP) is 3.49. The summed E-state index contributed by atoms with van der Waals surface area (Å²) in [5.41, 5.74) is 0. The summed E-state index contributed by atoms with van der Waals surface area (Å²) in [6.45, 7) is 4.00. The van der Waals surface area contributed by atoms with Gasteiger partial charge in [-0.3, -0.25) is 0 Å². The normalized spacial score (nSPS) is 8.38. The van der Waals surface area contributed by atoms with Crippen LogP contribution in [0.4, 0.5) is 0 Å². The molecule has 13 heavy (non-hydrogen) atoms. The van der Waals surface area contributed by atoms with Crippen molar-refractivity contribution in [3.8, 4) is 11.5 Å². The third-order valence-corrected chi connectivity index (χ3v) is 1.77. The highest BCUT2D eigenvalue weighted by atomic mass is 79.9. The lowest BCUT2D eigenvalue weighted by molar-refractivity contribution is 0.394. The maximum atomic E-state index is 5.03. The number of halogens is 1. The Bertz CT molecular complexity index is 226. The lowest BCUT2D eigenvalue weighted by Crippen LogP contribution is -1.86. The molecule has 0 atom stereocenters. The van der Waals surface area contributed by atoms with Crippen LogP contribution < -0.4 is 9.47 Å². The minimum Gasteiger partial charge on any atom is -0.497 e. The molecule has 2 nitrogen and oxygen atoms in total. The van der Waals surface area contributed by atoms with Crippen LogP contribution in [0.2, 0.25) is 0 Å². The number of hydrogen-bond acceptors (Lipinski definition) is 2. The van der Waals surface area contributed by atoms with E-state index in [-0.39, 0.29) is 0 Å². The third-order valence-electron chi connectivity index (χ3n) is 1.32. The fourth-order valence-corrected chi connectivity index (χ4v) is 1.22. The summed E-state index contributed by atoms with van der Waals surface area (Å²) < 4.78 is 11.0. The van der Waals surface area contributed by atoms with Gasteiger partial charge in [-0.05, 0) is 12.1 Å². The Morgan fingerprint density at radius 2 is 1.31 bits per heavy atom. The van der Waals surface area contributed by atoms with E-state index in [2.05, 4.69) is 15.9 Å². The van der Waals surface area contributed by atoms with Crippen LogP contribution in [0.15, 0.2) is 22.7 Å². The van der Waals surface area contributed by atoms with Gasteiger partial charge in [-0.1, -0.05) is 29.8 Å². The molecule has 0 bridgehead atoms. The Morgan fingerprint density at radius 3 is 1.62 bits per heavy atom. The SMILES string of the molecule is CC.COc1cc(Br)cc(OC)c1. The van der Waals surface area contributed by atoms with E-state index in [1.54, 1.807) is 14.2 Å². The maximum absolute atomic E-state index is 5.03. The molecule has 3 heteroatoms. The van der Waals surface area contributed by atoms with Crippen LogP contribution in [0.5, 0.6) is 11.5 Å². The molecule has 0 amide bonds. The topological polar surface area (TPSA) is 18.5 Å². The van der Waals surface area contributed by atoms with Gasteiger partial charge >= 0.3 is 0 Å². The molecule has 1 aromatic carbocycles. The van der Waals surface area contributed by atoms with E-state index in [0.717, 1.165) is 16.0 Å². The average Bonchev–Trinajstić information content (AvgIpc) is 2.20. The second kappa shape index (κ2) is 6.78. The molecule has 1 aromatic rings. The molecule has 0 unspecified atom stereocenters. The highest BCUT2D eigenvalue weighted by Gasteiger charge is 1.97. The van der Waals surface area contributed by atoms with Gasteiger partial charge < -0.3 is 9.47 Å². The van der Waals surface area contributed by atoms with Crippen molar-refractivity contribution < 1.29 is 9.47 Å². The lowest BCUT2D eigenvalue weighted by Gasteiger charge is -2.03. The Morgan fingerprint density at radius 1 is 0.923 bits per heavy atom. The zero-order valence-corrected chi connectivity index (χ0v) is 10.0. The van der Waals surface area contributed by atoms with E-state index in [1.165, 1.54) is 0 Å². The number of benzene rings is 1. The molecular weight excluding hydrogens is 232 g/mol. The van der Waals surface area contributed by atoms with E-state index in [1.807, 2.05) is 32.0 Å². The van der Waals surface area contributed by atoms with Gasteiger partial charge in [0.25, 0.3) is 0 Å². The zero-order valence-electron chi connectivity index (χ0n) is 8.43. The Labute approximate surface area is 88.0 Å². The van der Waals surface area contributed by atoms with Crippen LogP contribution >= 0.6 is 15.9 Å². The summed E-state index contributed by atoms with van der Waals surface area (Å²) >= 11 is 3.33. The van der Waals surface area contributed by atoms with Gasteiger partial charge in [0.05, 0.1) is 14.2 Å². The van der Waals surface area contributed by atoms with Gasteiger partial charge in [0.1, 0.15) is 11.5 Å². The molecule has 0 saturated carbocycles. The smallest absolute Gasteiger partial charge is 0.123 e. The molecule has 0 radical (unpaired) electrons. The molecule has 0 saturated heterocycles. The lowest BCUT2D eigenvalue weighted by atomic mass is 10.3. The van der Waals surface area contributed by atoms with Gasteiger partial charge in [0.15, 0.2) is 0 Å². The number of ether oxygens (including phenoxy) is 2. The minimum atomic E-state index is 0.788. The van der Waals surface area contributed by atoms with Crippen molar-refractivity contribution in [3.63, 3.8) is 0 Å². The molecule has 0 aliphatic rings. The van der Waals surface area contributed by atoms with Crippen LogP contribution in [0.3, 0.4) is 0 Å². The van der Waals surface area contributed by atoms with E-state index in [9.17, 15) is 0 Å². The fraction of sp³-hybridized carbons (Fsp3) is 0.400. The first-order valence-electron chi connectivity index (χ1n) is 4.15. The molecule has 0 spiro atoms. The van der Waals surface area contributed by atoms with Gasteiger partial charge in [-0.2, -0.15) is 0 Å². The molecule has 0 heterocycles. The standard InChI is InChI=1S/C8H9BrO2.C2H6/c1-10-7-3-6(9)4-8(5-7)11-2;1-2/h3-5H,1-2H3;1-2H3. The van der Waals surface area contributed by atoms with Gasteiger partial charge in [-0.25, -0.2) is 0 Å². The molecule has 0 aliphatic carbocycles. The average molecular weight is 247 g/mol. The second-order valence-electron chi connectivity index (χ2n) is 2.03. The Balaban J connectivity index is 0.000000671. The number of hydrogen-bond donors (Lipinski definition) is 0. The third kappa shape index (κ3) is 4.18. The van der Waals surface area contributed by atoms with Crippen LogP contribution in [0.1, 0.15) is 13.8 Å². The molecule has 1 rings (SSSR count). The summed E-state index contributed by atoms with van der Waals surface area (Å²) in [6.07, 6.45) is 0. The van der Waals surface area contributed by atoms with Crippen LogP contribution in [0.25, 0.3) is 0 Å². The molecular formula is C10H15BrO2. The van der Waals surface area contributed by atoms with Gasteiger partial charge in [0.2, 0.25) is 0 Å². The number of rotatable bonds is 2. The highest BCUT2D eigenvalue weighted by Crippen LogP contribution is 2.25. The summed E-state index contributed by atoms with van der Waals surface area (Å²) in [4.78, 5) is 0. The maximum Gasteiger partial charge on any atom is 0.123 e. The molecule has 0 N–H and O–H groups in total. The van der Waals surface area contributed by atoms with Crippen LogP contribution in [0, 0.1) is 0 Å². The van der Waals surface area contributed by atoms with Crippen molar-refractivity contribution in [1.82, 2.24) is 0 Å². The Hall–Kier alpha value is -0.700. The largest absolute Gasteiger partial charge is 0.497 e. The van der Waals surface area contributed by atoms with E-state index in [0.29, 0.717) is 0 Å². The summed E-state index contributed by atoms with van der Waals surface area (Å²) in [7, 11) is 3.25. The summed E-state index contributed by atoms with van der Waals surface area (Å²) in [6, 6.07) is 5.58. The van der Waals surface area contributed by atoms with Crippen molar-refractivity contribution in [2.45, 2.75) is 13.8 Å². The van der Waals surface area contributed by atoms with E-state index >= 15 is 0 Å². The summed E-state index contributed by atoms with van der Waals surface area (Å²) in [5.74, 6) is 1.58. The monoisotopic (exact) mass is 246 g/mol. The van der Waals surface area contributed by atoms with Crippen molar-refractivity contribution in [1.29, 1.82) is 0 Å². The molecule has 0 aromatic heterocycles. The predicted molar refractivity (Wildman–Crippen MR) is 58.6 cm³/mol. The van der Waals surface area contributed by atoms with Crippen molar-refractivity contribution >= 4 is 15.9 Å². The first kappa shape index (κ1) is 12.3. The summed E-state index contributed by atoms with van der Waals surface area (Å²) in [5, 5.41) is 0. The zero-order chi connectivity index (χ0) is 10.3. The van der Waals surface area contributed by atoms with E-state index < -0.39 is 0 Å². The first-order valence-corrected chi connectivity index (χ1v) is 4.94. The fourth-order valence-electron chi connectivity index (χ4n) is 0.773. The van der Waals surface area contributed by atoms with Crippen LogP contribution in [-0.4, -0.2) is 14.2 Å². The minimum absolute atomic E-state index is 0.788. The van der Waals surface area contributed by atoms with Crippen molar-refractivity contribution in [2.75, 3.05) is 14.2 Å². The Kier molecular flexibility index (Phi) is 6.41. The van der Waals surface area contributed by atoms with Gasteiger partial charge in [-0.15, -0.1) is 0 Å². The van der Waals surface area contributed by atoms with Crippen molar-refractivity contribution in [3.05, 3.63) is 22.7 Å². The first-order chi connectivity index (χ1) is 6.26. The molecule has 0 aliphatic heterocycles. The number of methoxy groups -OCH3 is 2. The second-order valence-corrected chi connectivity index (χ2v) is 2.95. The quantitative estimate of drug-likeness (QED) is 0.796.